The van der Waals surface area contributed by atoms with Crippen molar-refractivity contribution < 1.29 is 14.4 Å². The first-order valence-corrected chi connectivity index (χ1v) is 11.4. The molecule has 0 spiro atoms. The van der Waals surface area contributed by atoms with Gasteiger partial charge in [-0.2, -0.15) is 0 Å². The Morgan fingerprint density at radius 3 is 2.23 bits per heavy atom. The fourth-order valence-electron chi connectivity index (χ4n) is 6.29. The molecule has 160 valence electrons. The fourth-order valence-corrected chi connectivity index (χ4v) is 6.29. The largest absolute Gasteiger partial charge is 0.349 e. The van der Waals surface area contributed by atoms with Crippen LogP contribution in [0.25, 0.3) is 0 Å². The summed E-state index contributed by atoms with van der Waals surface area (Å²) >= 11 is 0. The number of anilines is 1. The second-order valence-electron chi connectivity index (χ2n) is 10.2. The monoisotopic (exact) mass is 409 g/mol. The van der Waals surface area contributed by atoms with Gasteiger partial charge < -0.3 is 16.0 Å². The molecule has 0 unspecified atom stereocenters. The predicted octanol–water partition coefficient (Wildman–Crippen LogP) is 3.24. The molecule has 6 rings (SSSR count). The van der Waals surface area contributed by atoms with Crippen LogP contribution in [0, 0.1) is 23.2 Å². The summed E-state index contributed by atoms with van der Waals surface area (Å²) in [6, 6.07) is 6.62. The van der Waals surface area contributed by atoms with Gasteiger partial charge in [-0.05, 0) is 94.2 Å². The van der Waals surface area contributed by atoms with Gasteiger partial charge in [-0.15, -0.1) is 0 Å². The number of amides is 3. The van der Waals surface area contributed by atoms with Crippen LogP contribution in [0.5, 0.6) is 0 Å². The minimum absolute atomic E-state index is 0.0572. The molecule has 0 aromatic heterocycles. The van der Waals surface area contributed by atoms with E-state index >= 15 is 0 Å². The molecule has 3 N–H and O–H groups in total. The van der Waals surface area contributed by atoms with Gasteiger partial charge >= 0.3 is 0 Å². The van der Waals surface area contributed by atoms with E-state index in [1.54, 1.807) is 31.2 Å². The zero-order valence-corrected chi connectivity index (χ0v) is 17.6. The minimum Gasteiger partial charge on any atom is -0.349 e. The molecule has 4 bridgehead atoms. The SMILES string of the molecule is C[C@@H](NC(=O)C12CC3CC(CC(C3)C1)C2)C(=O)Nc1cccc(C(=O)NC2CC2)c1. The van der Waals surface area contributed by atoms with E-state index in [1.807, 2.05) is 0 Å². The Morgan fingerprint density at radius 1 is 1.00 bits per heavy atom. The number of nitrogens with one attached hydrogen (secondary N) is 3. The molecule has 0 heterocycles. The van der Waals surface area contributed by atoms with Crippen molar-refractivity contribution in [1.82, 2.24) is 10.6 Å². The Balaban J connectivity index is 1.19. The van der Waals surface area contributed by atoms with Gasteiger partial charge in [0.15, 0.2) is 0 Å². The van der Waals surface area contributed by atoms with Crippen LogP contribution >= 0.6 is 0 Å². The van der Waals surface area contributed by atoms with Crippen LogP contribution in [0.15, 0.2) is 24.3 Å². The lowest BCUT2D eigenvalue weighted by atomic mass is 9.49. The summed E-state index contributed by atoms with van der Waals surface area (Å²) < 4.78 is 0. The molecular formula is C24H31N3O3. The van der Waals surface area contributed by atoms with Gasteiger partial charge in [0.25, 0.3) is 5.91 Å². The average Bonchev–Trinajstić information content (AvgIpc) is 3.51. The summed E-state index contributed by atoms with van der Waals surface area (Å²) in [6.45, 7) is 1.73. The smallest absolute Gasteiger partial charge is 0.251 e. The number of benzene rings is 1. The highest BCUT2D eigenvalue weighted by Crippen LogP contribution is 2.60. The van der Waals surface area contributed by atoms with Crippen LogP contribution in [0.3, 0.4) is 0 Å². The molecule has 5 aliphatic rings. The third kappa shape index (κ3) is 3.84. The molecule has 0 saturated heterocycles. The quantitative estimate of drug-likeness (QED) is 0.674. The number of carbonyl (C=O) groups excluding carboxylic acids is 3. The van der Waals surface area contributed by atoms with Crippen molar-refractivity contribution in [2.24, 2.45) is 23.2 Å². The maximum Gasteiger partial charge on any atom is 0.251 e. The van der Waals surface area contributed by atoms with Crippen LogP contribution in [0.2, 0.25) is 0 Å². The van der Waals surface area contributed by atoms with E-state index < -0.39 is 6.04 Å². The number of carbonyl (C=O) groups is 3. The van der Waals surface area contributed by atoms with Gasteiger partial charge in [0.1, 0.15) is 6.04 Å². The summed E-state index contributed by atoms with van der Waals surface area (Å²) in [7, 11) is 0. The average molecular weight is 410 g/mol. The molecule has 1 atom stereocenters. The lowest BCUT2D eigenvalue weighted by molar-refractivity contribution is -0.147. The van der Waals surface area contributed by atoms with Crippen molar-refractivity contribution in [3.05, 3.63) is 29.8 Å². The number of hydrogen-bond donors (Lipinski definition) is 3. The summed E-state index contributed by atoms with van der Waals surface area (Å²) in [5, 5.41) is 8.80. The van der Waals surface area contributed by atoms with Gasteiger partial charge in [0, 0.05) is 22.7 Å². The molecular weight excluding hydrogens is 378 g/mol. The zero-order valence-electron chi connectivity index (χ0n) is 17.6. The van der Waals surface area contributed by atoms with E-state index in [0.717, 1.165) is 32.1 Å². The van der Waals surface area contributed by atoms with E-state index in [4.69, 9.17) is 0 Å². The zero-order chi connectivity index (χ0) is 20.9. The van der Waals surface area contributed by atoms with Crippen LogP contribution in [0.4, 0.5) is 5.69 Å². The summed E-state index contributed by atoms with van der Waals surface area (Å²) in [5.41, 5.74) is 0.841. The Bertz CT molecular complexity index is 841. The first kappa shape index (κ1) is 19.6. The maximum atomic E-state index is 13.2. The predicted molar refractivity (Wildman–Crippen MR) is 114 cm³/mol. The Kier molecular flexibility index (Phi) is 4.83. The van der Waals surface area contributed by atoms with Gasteiger partial charge in [-0.25, -0.2) is 0 Å². The normalized spacial score (nSPS) is 32.4. The molecule has 0 aliphatic heterocycles. The van der Waals surface area contributed by atoms with Crippen molar-refractivity contribution in [3.63, 3.8) is 0 Å². The Morgan fingerprint density at radius 2 is 1.63 bits per heavy atom. The van der Waals surface area contributed by atoms with E-state index in [2.05, 4.69) is 16.0 Å². The lowest BCUT2D eigenvalue weighted by Gasteiger charge is -2.55. The number of hydrogen-bond acceptors (Lipinski definition) is 3. The third-order valence-corrected chi connectivity index (χ3v) is 7.57. The van der Waals surface area contributed by atoms with E-state index in [1.165, 1.54) is 19.3 Å². The molecule has 3 amide bonds. The molecule has 6 nitrogen and oxygen atoms in total. The second kappa shape index (κ2) is 7.40. The standard InChI is InChI=1S/C24H31N3O3/c1-14(25-23(30)24-11-15-7-16(12-24)9-17(8-15)13-24)21(28)27-20-4-2-3-18(10-20)22(29)26-19-5-6-19/h2-4,10,14-17,19H,5-9,11-13H2,1H3,(H,25,30)(H,26,29)(H,27,28)/t14-,15?,16?,17?,24?/m1/s1. The maximum absolute atomic E-state index is 13.2. The summed E-state index contributed by atoms with van der Waals surface area (Å²) in [6.07, 6.45) is 8.87. The molecule has 5 fully saturated rings. The van der Waals surface area contributed by atoms with E-state index in [-0.39, 0.29) is 29.2 Å². The summed E-state index contributed by atoms with van der Waals surface area (Å²) in [5.74, 6) is 1.76. The van der Waals surface area contributed by atoms with Crippen molar-refractivity contribution in [1.29, 1.82) is 0 Å². The van der Waals surface area contributed by atoms with Crippen LogP contribution in [0.1, 0.15) is 68.6 Å². The van der Waals surface area contributed by atoms with E-state index in [0.29, 0.717) is 29.0 Å². The fraction of sp³-hybridized carbons (Fsp3) is 0.625. The molecule has 5 saturated carbocycles. The van der Waals surface area contributed by atoms with Gasteiger partial charge in [0.05, 0.1) is 0 Å². The molecule has 0 radical (unpaired) electrons. The second-order valence-corrected chi connectivity index (χ2v) is 10.2. The van der Waals surface area contributed by atoms with Crippen LogP contribution in [-0.4, -0.2) is 29.8 Å². The first-order chi connectivity index (χ1) is 14.4. The minimum atomic E-state index is -0.616. The van der Waals surface area contributed by atoms with Crippen LogP contribution < -0.4 is 16.0 Å². The van der Waals surface area contributed by atoms with Crippen molar-refractivity contribution in [2.75, 3.05) is 5.32 Å². The highest BCUT2D eigenvalue weighted by atomic mass is 16.2. The number of rotatable bonds is 6. The highest BCUT2D eigenvalue weighted by Gasteiger charge is 2.54. The third-order valence-electron chi connectivity index (χ3n) is 7.57. The molecule has 6 heteroatoms. The van der Waals surface area contributed by atoms with Gasteiger partial charge in [-0.3, -0.25) is 14.4 Å². The Labute approximate surface area is 177 Å². The molecule has 5 aliphatic carbocycles. The van der Waals surface area contributed by atoms with Crippen molar-refractivity contribution in [3.8, 4) is 0 Å². The van der Waals surface area contributed by atoms with E-state index in [9.17, 15) is 14.4 Å². The Hall–Kier alpha value is -2.37. The molecule has 1 aromatic rings. The van der Waals surface area contributed by atoms with Gasteiger partial charge in [-0.1, -0.05) is 6.07 Å². The lowest BCUT2D eigenvalue weighted by Crippen LogP contribution is -2.56. The first-order valence-electron chi connectivity index (χ1n) is 11.4. The van der Waals surface area contributed by atoms with Crippen LogP contribution in [-0.2, 0) is 9.59 Å². The molecule has 1 aromatic carbocycles. The summed E-state index contributed by atoms with van der Waals surface area (Å²) in [4.78, 5) is 38.1. The van der Waals surface area contributed by atoms with Crippen molar-refractivity contribution >= 4 is 23.4 Å². The van der Waals surface area contributed by atoms with Gasteiger partial charge in [0.2, 0.25) is 11.8 Å². The molecule has 30 heavy (non-hydrogen) atoms. The topological polar surface area (TPSA) is 87.3 Å². The highest BCUT2D eigenvalue weighted by molar-refractivity contribution is 6.00. The van der Waals surface area contributed by atoms with Crippen molar-refractivity contribution in [2.45, 2.75) is 70.4 Å².